The molecule has 0 aliphatic carbocycles. The molecule has 1 saturated heterocycles. The van der Waals surface area contributed by atoms with Crippen molar-refractivity contribution in [1.29, 1.82) is 0 Å². The summed E-state index contributed by atoms with van der Waals surface area (Å²) in [6, 6.07) is 16.3. The molecular formula is C24H29ClN4O2. The fraction of sp³-hybridized carbons (Fsp3) is 0.417. The number of carbonyl (C=O) groups excluding carboxylic acids is 1. The standard InChI is InChI=1S/C24H29ClN4O2/c1-24(2,3)31-23(30)28-14-12-18(13-15-28)26-22-27-20-10-6-7-11-21(20)29(22)16-17-8-4-5-9-19(17)25/h4-11,18H,12-16H2,1-3H3,(H,26,27). The molecular weight excluding hydrogens is 412 g/mol. The molecule has 6 nitrogen and oxygen atoms in total. The summed E-state index contributed by atoms with van der Waals surface area (Å²) >= 11 is 6.42. The van der Waals surface area contributed by atoms with Crippen molar-refractivity contribution in [3.63, 3.8) is 0 Å². The smallest absolute Gasteiger partial charge is 0.410 e. The molecule has 1 aliphatic heterocycles. The van der Waals surface area contributed by atoms with Crippen molar-refractivity contribution < 1.29 is 9.53 Å². The zero-order chi connectivity index (χ0) is 22.0. The van der Waals surface area contributed by atoms with Gasteiger partial charge in [0.25, 0.3) is 0 Å². The number of likely N-dealkylation sites (tertiary alicyclic amines) is 1. The van der Waals surface area contributed by atoms with E-state index < -0.39 is 5.60 Å². The molecule has 1 N–H and O–H groups in total. The quantitative estimate of drug-likeness (QED) is 0.577. The third-order valence-electron chi connectivity index (χ3n) is 5.42. The summed E-state index contributed by atoms with van der Waals surface area (Å²) in [6.45, 7) is 7.64. The summed E-state index contributed by atoms with van der Waals surface area (Å²) in [5, 5.41) is 4.36. The van der Waals surface area contributed by atoms with E-state index in [1.807, 2.05) is 63.2 Å². The molecule has 0 spiro atoms. The number of imidazole rings is 1. The molecule has 0 unspecified atom stereocenters. The number of hydrogen-bond acceptors (Lipinski definition) is 4. The first-order valence-electron chi connectivity index (χ1n) is 10.7. The second-order valence-electron chi connectivity index (χ2n) is 8.99. The first-order chi connectivity index (χ1) is 14.8. The van der Waals surface area contributed by atoms with Gasteiger partial charge in [0.05, 0.1) is 17.6 Å². The van der Waals surface area contributed by atoms with Gasteiger partial charge in [-0.2, -0.15) is 0 Å². The number of hydrogen-bond donors (Lipinski definition) is 1. The number of nitrogens with one attached hydrogen (secondary N) is 1. The number of anilines is 1. The zero-order valence-corrected chi connectivity index (χ0v) is 19.0. The minimum Gasteiger partial charge on any atom is -0.444 e. The van der Waals surface area contributed by atoms with Gasteiger partial charge in [0.15, 0.2) is 0 Å². The summed E-state index contributed by atoms with van der Waals surface area (Å²) in [7, 11) is 0. The van der Waals surface area contributed by atoms with Gasteiger partial charge in [-0.25, -0.2) is 9.78 Å². The molecule has 3 aromatic rings. The van der Waals surface area contributed by atoms with Gasteiger partial charge in [0.2, 0.25) is 5.95 Å². The molecule has 4 rings (SSSR count). The molecule has 1 aliphatic rings. The lowest BCUT2D eigenvalue weighted by atomic mass is 10.1. The van der Waals surface area contributed by atoms with Crippen LogP contribution in [0.3, 0.4) is 0 Å². The number of amides is 1. The Bertz CT molecular complexity index is 1060. The number of para-hydroxylation sites is 2. The predicted molar refractivity (Wildman–Crippen MR) is 125 cm³/mol. The van der Waals surface area contributed by atoms with Crippen molar-refractivity contribution in [2.75, 3.05) is 18.4 Å². The Kier molecular flexibility index (Phi) is 6.10. The normalized spacial score (nSPS) is 15.3. The van der Waals surface area contributed by atoms with Crippen molar-refractivity contribution in [1.82, 2.24) is 14.5 Å². The Morgan fingerprint density at radius 3 is 2.52 bits per heavy atom. The van der Waals surface area contributed by atoms with Crippen LogP contribution in [0.2, 0.25) is 5.02 Å². The van der Waals surface area contributed by atoms with Gasteiger partial charge >= 0.3 is 6.09 Å². The van der Waals surface area contributed by atoms with Crippen LogP contribution >= 0.6 is 11.6 Å². The number of piperidine rings is 1. The maximum atomic E-state index is 12.3. The van der Waals surface area contributed by atoms with Gasteiger partial charge in [0.1, 0.15) is 5.60 Å². The van der Waals surface area contributed by atoms with E-state index >= 15 is 0 Å². The number of nitrogens with zero attached hydrogens (tertiary/aromatic N) is 3. The van der Waals surface area contributed by atoms with Crippen molar-refractivity contribution in [3.05, 3.63) is 59.1 Å². The highest BCUT2D eigenvalue weighted by atomic mass is 35.5. The Labute approximate surface area is 188 Å². The topological polar surface area (TPSA) is 59.4 Å². The summed E-state index contributed by atoms with van der Waals surface area (Å²) in [5.74, 6) is 0.830. The molecule has 7 heteroatoms. The Morgan fingerprint density at radius 2 is 1.81 bits per heavy atom. The van der Waals surface area contributed by atoms with E-state index in [2.05, 4.69) is 16.0 Å². The Morgan fingerprint density at radius 1 is 1.13 bits per heavy atom. The van der Waals surface area contributed by atoms with Crippen LogP contribution in [0.1, 0.15) is 39.2 Å². The van der Waals surface area contributed by atoms with Crippen LogP contribution in [0.5, 0.6) is 0 Å². The van der Waals surface area contributed by atoms with Gasteiger partial charge < -0.3 is 19.5 Å². The maximum absolute atomic E-state index is 12.3. The number of fused-ring (bicyclic) bond motifs is 1. The fourth-order valence-electron chi connectivity index (χ4n) is 3.86. The lowest BCUT2D eigenvalue weighted by molar-refractivity contribution is 0.0210. The van der Waals surface area contributed by atoms with Crippen LogP contribution in [-0.4, -0.2) is 45.3 Å². The van der Waals surface area contributed by atoms with Gasteiger partial charge in [-0.1, -0.05) is 41.9 Å². The molecule has 2 aromatic carbocycles. The summed E-state index contributed by atoms with van der Waals surface area (Å²) in [5.41, 5.74) is 2.59. The minimum atomic E-state index is -0.476. The van der Waals surface area contributed by atoms with Crippen LogP contribution < -0.4 is 5.32 Å². The van der Waals surface area contributed by atoms with E-state index in [-0.39, 0.29) is 12.1 Å². The van der Waals surface area contributed by atoms with Crippen molar-refractivity contribution in [2.45, 2.75) is 51.8 Å². The minimum absolute atomic E-state index is 0.237. The van der Waals surface area contributed by atoms with Crippen LogP contribution in [-0.2, 0) is 11.3 Å². The van der Waals surface area contributed by atoms with Crippen molar-refractivity contribution in [3.8, 4) is 0 Å². The summed E-state index contributed by atoms with van der Waals surface area (Å²) in [4.78, 5) is 19.0. The maximum Gasteiger partial charge on any atom is 0.410 e. The highest BCUT2D eigenvalue weighted by Gasteiger charge is 2.27. The highest BCUT2D eigenvalue weighted by Crippen LogP contribution is 2.26. The Balaban J connectivity index is 1.49. The largest absolute Gasteiger partial charge is 0.444 e. The van der Waals surface area contributed by atoms with E-state index in [1.165, 1.54) is 0 Å². The van der Waals surface area contributed by atoms with Gasteiger partial charge in [-0.15, -0.1) is 0 Å². The molecule has 1 aromatic heterocycles. The molecule has 1 amide bonds. The second-order valence-corrected chi connectivity index (χ2v) is 9.39. The monoisotopic (exact) mass is 440 g/mol. The molecule has 2 heterocycles. The van der Waals surface area contributed by atoms with Gasteiger partial charge in [0, 0.05) is 24.2 Å². The van der Waals surface area contributed by atoms with E-state index in [9.17, 15) is 4.79 Å². The second kappa shape index (κ2) is 8.79. The van der Waals surface area contributed by atoms with Gasteiger partial charge in [-0.05, 0) is 57.4 Å². The van der Waals surface area contributed by atoms with Crippen molar-refractivity contribution in [2.24, 2.45) is 0 Å². The molecule has 0 saturated carbocycles. The average molecular weight is 441 g/mol. The molecule has 1 fully saturated rings. The van der Waals surface area contributed by atoms with Crippen LogP contribution in [0.4, 0.5) is 10.7 Å². The van der Waals surface area contributed by atoms with Crippen LogP contribution in [0, 0.1) is 0 Å². The number of halogens is 1. The lowest BCUT2D eigenvalue weighted by Gasteiger charge is -2.34. The van der Waals surface area contributed by atoms with E-state index in [0.29, 0.717) is 19.6 Å². The lowest BCUT2D eigenvalue weighted by Crippen LogP contribution is -2.44. The average Bonchev–Trinajstić information content (AvgIpc) is 3.06. The number of ether oxygens (including phenoxy) is 1. The fourth-order valence-corrected chi connectivity index (χ4v) is 4.05. The number of rotatable bonds is 4. The number of carbonyl (C=O) groups is 1. The SMILES string of the molecule is CC(C)(C)OC(=O)N1CCC(Nc2nc3ccccc3n2Cc2ccccc2Cl)CC1. The molecule has 31 heavy (non-hydrogen) atoms. The van der Waals surface area contributed by atoms with Crippen molar-refractivity contribution >= 4 is 34.7 Å². The third-order valence-corrected chi connectivity index (χ3v) is 5.79. The summed E-state index contributed by atoms with van der Waals surface area (Å²) < 4.78 is 7.68. The first-order valence-corrected chi connectivity index (χ1v) is 11.1. The molecule has 0 bridgehead atoms. The number of aromatic nitrogens is 2. The molecule has 0 atom stereocenters. The van der Waals surface area contributed by atoms with E-state index in [0.717, 1.165) is 40.4 Å². The Hall–Kier alpha value is -2.73. The molecule has 0 radical (unpaired) electrons. The van der Waals surface area contributed by atoms with Crippen LogP contribution in [0.25, 0.3) is 11.0 Å². The van der Waals surface area contributed by atoms with Crippen LogP contribution in [0.15, 0.2) is 48.5 Å². The zero-order valence-electron chi connectivity index (χ0n) is 18.3. The third kappa shape index (κ3) is 5.13. The van der Waals surface area contributed by atoms with E-state index in [1.54, 1.807) is 4.90 Å². The number of benzene rings is 2. The molecule has 164 valence electrons. The van der Waals surface area contributed by atoms with E-state index in [4.69, 9.17) is 21.3 Å². The van der Waals surface area contributed by atoms with Gasteiger partial charge in [-0.3, -0.25) is 0 Å². The first kappa shape index (κ1) is 21.5. The highest BCUT2D eigenvalue weighted by molar-refractivity contribution is 6.31. The predicted octanol–water partition coefficient (Wildman–Crippen LogP) is 5.55. The summed E-state index contributed by atoms with van der Waals surface area (Å²) in [6.07, 6.45) is 1.44.